The summed E-state index contributed by atoms with van der Waals surface area (Å²) in [5.74, 6) is -0.300. The summed E-state index contributed by atoms with van der Waals surface area (Å²) in [5.41, 5.74) is -0.683. The maximum absolute atomic E-state index is 11.9. The van der Waals surface area contributed by atoms with Gasteiger partial charge in [0.15, 0.2) is 0 Å². The number of nitrogens with one attached hydrogen (secondary N) is 1. The molecule has 1 saturated heterocycles. The molecule has 0 aromatic heterocycles. The molecule has 3 fully saturated rings. The average Bonchev–Trinajstić information content (AvgIpc) is 3.24. The van der Waals surface area contributed by atoms with E-state index in [-0.39, 0.29) is 0 Å². The minimum atomic E-state index is -0.683. The molecular weight excluding hydrogens is 242 g/mol. The van der Waals surface area contributed by atoms with E-state index >= 15 is 0 Å². The van der Waals surface area contributed by atoms with Gasteiger partial charge in [-0.2, -0.15) is 0 Å². The Labute approximate surface area is 114 Å². The lowest BCUT2D eigenvalue weighted by atomic mass is 9.91. The van der Waals surface area contributed by atoms with Crippen LogP contribution in [0.3, 0.4) is 0 Å². The molecule has 108 valence electrons. The second-order valence-electron chi connectivity index (χ2n) is 6.55. The highest BCUT2D eigenvalue weighted by molar-refractivity contribution is 5.80. The Morgan fingerprint density at radius 3 is 2.32 bits per heavy atom. The molecule has 0 aromatic rings. The Kier molecular flexibility index (Phi) is 3.53. The first-order valence-electron chi connectivity index (χ1n) is 7.52. The third kappa shape index (κ3) is 2.93. The number of rotatable bonds is 6. The van der Waals surface area contributed by atoms with Crippen molar-refractivity contribution in [3.05, 3.63) is 0 Å². The quantitative estimate of drug-likeness (QED) is 0.721. The summed E-state index contributed by atoms with van der Waals surface area (Å²) in [5, 5.41) is 13.3. The van der Waals surface area contributed by atoms with Crippen LogP contribution in [-0.2, 0) is 4.79 Å². The fourth-order valence-corrected chi connectivity index (χ4v) is 3.12. The first-order valence-corrected chi connectivity index (χ1v) is 7.52. The zero-order valence-corrected chi connectivity index (χ0v) is 11.8. The third-order valence-electron chi connectivity index (χ3n) is 4.76. The fraction of sp³-hybridized carbons (Fsp3) is 0.929. The molecule has 0 spiro atoms. The van der Waals surface area contributed by atoms with Crippen molar-refractivity contribution in [3.8, 4) is 0 Å². The van der Waals surface area contributed by atoms with E-state index in [0.717, 1.165) is 51.9 Å². The number of piperazine rings is 1. The van der Waals surface area contributed by atoms with Crippen LogP contribution in [0.25, 0.3) is 0 Å². The van der Waals surface area contributed by atoms with Crippen LogP contribution in [0.15, 0.2) is 0 Å². The maximum Gasteiger partial charge on any atom is 0.325 e. The molecule has 19 heavy (non-hydrogen) atoms. The second kappa shape index (κ2) is 5.04. The summed E-state index contributed by atoms with van der Waals surface area (Å²) in [6.07, 6.45) is 4.43. The van der Waals surface area contributed by atoms with E-state index in [1.165, 1.54) is 0 Å². The van der Waals surface area contributed by atoms with Crippen molar-refractivity contribution in [2.75, 3.05) is 39.8 Å². The van der Waals surface area contributed by atoms with Gasteiger partial charge >= 0.3 is 5.97 Å². The van der Waals surface area contributed by atoms with Crippen molar-refractivity contribution < 1.29 is 9.90 Å². The maximum atomic E-state index is 11.9. The SMILES string of the molecule is CN1CCN(CC(NC2CC2)(C(=O)O)C2CC2)CC1. The zero-order valence-electron chi connectivity index (χ0n) is 11.8. The molecule has 2 aliphatic carbocycles. The number of hydrogen-bond donors (Lipinski definition) is 2. The van der Waals surface area contributed by atoms with Gasteiger partial charge in [-0.1, -0.05) is 0 Å². The van der Waals surface area contributed by atoms with Gasteiger partial charge in [0, 0.05) is 38.8 Å². The van der Waals surface area contributed by atoms with Gasteiger partial charge in [-0.3, -0.25) is 15.0 Å². The van der Waals surface area contributed by atoms with E-state index in [0.29, 0.717) is 18.5 Å². The topological polar surface area (TPSA) is 55.8 Å². The highest BCUT2D eigenvalue weighted by Crippen LogP contribution is 2.42. The fourth-order valence-electron chi connectivity index (χ4n) is 3.12. The van der Waals surface area contributed by atoms with E-state index in [4.69, 9.17) is 0 Å². The first-order chi connectivity index (χ1) is 9.10. The van der Waals surface area contributed by atoms with Gasteiger partial charge in [0.2, 0.25) is 0 Å². The summed E-state index contributed by atoms with van der Waals surface area (Å²) in [7, 11) is 2.13. The van der Waals surface area contributed by atoms with Crippen molar-refractivity contribution in [2.24, 2.45) is 5.92 Å². The van der Waals surface area contributed by atoms with Gasteiger partial charge in [-0.25, -0.2) is 0 Å². The molecule has 0 bridgehead atoms. The van der Waals surface area contributed by atoms with Gasteiger partial charge in [0.25, 0.3) is 0 Å². The molecule has 2 N–H and O–H groups in total. The highest BCUT2D eigenvalue weighted by Gasteiger charge is 2.54. The normalized spacial score (nSPS) is 29.1. The standard InChI is InChI=1S/C14H25N3O2/c1-16-6-8-17(9-7-16)10-14(13(18)19,11-2-3-11)15-12-4-5-12/h11-12,15H,2-10H2,1H3,(H,18,19). The van der Waals surface area contributed by atoms with Crippen molar-refractivity contribution in [1.29, 1.82) is 0 Å². The van der Waals surface area contributed by atoms with E-state index in [2.05, 4.69) is 22.2 Å². The van der Waals surface area contributed by atoms with E-state index < -0.39 is 11.5 Å². The predicted molar refractivity (Wildman–Crippen MR) is 73.2 cm³/mol. The molecule has 1 aliphatic heterocycles. The molecule has 0 aromatic carbocycles. The Morgan fingerprint density at radius 1 is 1.21 bits per heavy atom. The summed E-state index contributed by atoms with van der Waals surface area (Å²) >= 11 is 0. The summed E-state index contributed by atoms with van der Waals surface area (Å²) in [4.78, 5) is 16.5. The molecule has 3 aliphatic rings. The lowest BCUT2D eigenvalue weighted by molar-refractivity contribution is -0.147. The number of hydrogen-bond acceptors (Lipinski definition) is 4. The van der Waals surface area contributed by atoms with Gasteiger partial charge in [0.1, 0.15) is 5.54 Å². The number of likely N-dealkylation sites (N-methyl/N-ethyl adjacent to an activating group) is 1. The van der Waals surface area contributed by atoms with Crippen molar-refractivity contribution >= 4 is 5.97 Å². The lowest BCUT2D eigenvalue weighted by Gasteiger charge is -2.40. The molecule has 3 rings (SSSR count). The van der Waals surface area contributed by atoms with E-state index in [9.17, 15) is 9.90 Å². The van der Waals surface area contributed by atoms with Crippen LogP contribution in [0, 0.1) is 5.92 Å². The minimum absolute atomic E-state index is 0.338. The van der Waals surface area contributed by atoms with Gasteiger partial charge in [-0.05, 0) is 38.6 Å². The molecule has 1 unspecified atom stereocenters. The van der Waals surface area contributed by atoms with E-state index in [1.54, 1.807) is 0 Å². The van der Waals surface area contributed by atoms with Crippen LogP contribution < -0.4 is 5.32 Å². The van der Waals surface area contributed by atoms with Gasteiger partial charge in [-0.15, -0.1) is 0 Å². The Morgan fingerprint density at radius 2 is 1.84 bits per heavy atom. The van der Waals surface area contributed by atoms with E-state index in [1.807, 2.05) is 0 Å². The first kappa shape index (κ1) is 13.3. The number of nitrogens with zero attached hydrogens (tertiary/aromatic N) is 2. The Bertz CT molecular complexity index is 347. The van der Waals surface area contributed by atoms with Crippen LogP contribution in [0.2, 0.25) is 0 Å². The smallest absolute Gasteiger partial charge is 0.325 e. The third-order valence-corrected chi connectivity index (χ3v) is 4.76. The lowest BCUT2D eigenvalue weighted by Crippen LogP contribution is -2.63. The minimum Gasteiger partial charge on any atom is -0.480 e. The molecule has 5 heteroatoms. The molecule has 0 radical (unpaired) electrons. The van der Waals surface area contributed by atoms with Gasteiger partial charge < -0.3 is 10.0 Å². The predicted octanol–water partition coefficient (Wildman–Crippen LogP) is 0.219. The van der Waals surface area contributed by atoms with Crippen molar-refractivity contribution in [1.82, 2.24) is 15.1 Å². The van der Waals surface area contributed by atoms with Crippen molar-refractivity contribution in [2.45, 2.75) is 37.3 Å². The zero-order chi connectivity index (χ0) is 13.5. The number of carboxylic acid groups (broad SMARTS) is 1. The summed E-state index contributed by atoms with van der Waals surface area (Å²) in [6.45, 7) is 4.75. The van der Waals surface area contributed by atoms with Crippen LogP contribution in [0.5, 0.6) is 0 Å². The van der Waals surface area contributed by atoms with Crippen LogP contribution >= 0.6 is 0 Å². The summed E-state index contributed by atoms with van der Waals surface area (Å²) in [6, 6.07) is 0.448. The van der Waals surface area contributed by atoms with Crippen molar-refractivity contribution in [3.63, 3.8) is 0 Å². The Hall–Kier alpha value is -0.650. The number of carboxylic acids is 1. The average molecular weight is 267 g/mol. The number of aliphatic carboxylic acids is 1. The molecule has 2 saturated carbocycles. The molecular formula is C14H25N3O2. The molecule has 5 nitrogen and oxygen atoms in total. The van der Waals surface area contributed by atoms with Crippen LogP contribution in [0.4, 0.5) is 0 Å². The monoisotopic (exact) mass is 267 g/mol. The van der Waals surface area contributed by atoms with Crippen LogP contribution in [-0.4, -0.2) is 72.2 Å². The largest absolute Gasteiger partial charge is 0.480 e. The Balaban J connectivity index is 1.68. The number of carbonyl (C=O) groups is 1. The highest BCUT2D eigenvalue weighted by atomic mass is 16.4. The molecule has 0 amide bonds. The van der Waals surface area contributed by atoms with Gasteiger partial charge in [0.05, 0.1) is 0 Å². The summed E-state index contributed by atoms with van der Waals surface area (Å²) < 4.78 is 0. The molecule has 1 heterocycles. The molecule has 1 atom stereocenters. The second-order valence-corrected chi connectivity index (χ2v) is 6.55. The van der Waals surface area contributed by atoms with Crippen LogP contribution in [0.1, 0.15) is 25.7 Å².